The Bertz CT molecular complexity index is 1020. The van der Waals surface area contributed by atoms with Crippen LogP contribution >= 0.6 is 11.3 Å². The van der Waals surface area contributed by atoms with E-state index in [0.717, 1.165) is 35.2 Å². The second-order valence-corrected chi connectivity index (χ2v) is 7.15. The van der Waals surface area contributed by atoms with Crippen LogP contribution in [0.15, 0.2) is 29.1 Å². The Balaban J connectivity index is 1.58. The Morgan fingerprint density at radius 2 is 2.24 bits per heavy atom. The summed E-state index contributed by atoms with van der Waals surface area (Å²) in [6, 6.07) is 7.22. The molecule has 4 rings (SSSR count). The molecule has 1 amide bonds. The number of anilines is 1. The van der Waals surface area contributed by atoms with Crippen molar-refractivity contribution in [3.8, 4) is 0 Å². The van der Waals surface area contributed by atoms with Crippen LogP contribution in [0.3, 0.4) is 0 Å². The predicted molar refractivity (Wildman–Crippen MR) is 99.4 cm³/mol. The molecule has 0 unspecified atom stereocenters. The highest BCUT2D eigenvalue weighted by atomic mass is 32.1. The molecule has 0 bridgehead atoms. The molecule has 6 nitrogen and oxygen atoms in total. The van der Waals surface area contributed by atoms with E-state index in [0.29, 0.717) is 17.9 Å². The molecule has 25 heavy (non-hydrogen) atoms. The topological polar surface area (TPSA) is 86.9 Å². The third kappa shape index (κ3) is 2.91. The Kier molecular flexibility index (Phi) is 4.01. The lowest BCUT2D eigenvalue weighted by molar-refractivity contribution is 0.0963. The quantitative estimate of drug-likeness (QED) is 0.672. The molecule has 3 N–H and O–H groups in total. The normalized spacial score (nSPS) is 13.0. The zero-order chi connectivity index (χ0) is 17.4. The summed E-state index contributed by atoms with van der Waals surface area (Å²) in [5, 5.41) is 6.58. The molecule has 7 heteroatoms. The molecule has 0 radical (unpaired) electrons. The summed E-state index contributed by atoms with van der Waals surface area (Å²) in [4.78, 5) is 33.8. The van der Waals surface area contributed by atoms with Gasteiger partial charge in [-0.3, -0.25) is 9.59 Å². The second kappa shape index (κ2) is 6.33. The molecule has 0 atom stereocenters. The minimum atomic E-state index is -0.135. The number of hydrogen-bond donors (Lipinski definition) is 3. The summed E-state index contributed by atoms with van der Waals surface area (Å²) in [6.07, 6.45) is 3.15. The number of aromatic nitrogens is 2. The molecule has 1 aliphatic carbocycles. The van der Waals surface area contributed by atoms with E-state index < -0.39 is 0 Å². The molecular formula is C18H18N4O2S. The van der Waals surface area contributed by atoms with Crippen molar-refractivity contribution in [3.63, 3.8) is 0 Å². The summed E-state index contributed by atoms with van der Waals surface area (Å²) in [5.74, 6) is 0.465. The van der Waals surface area contributed by atoms with Crippen LogP contribution < -0.4 is 16.2 Å². The molecule has 0 fully saturated rings. The molecule has 2 heterocycles. The van der Waals surface area contributed by atoms with Crippen molar-refractivity contribution < 1.29 is 4.79 Å². The number of rotatable bonds is 4. The molecule has 128 valence electrons. The smallest absolute Gasteiger partial charge is 0.259 e. The first-order valence-corrected chi connectivity index (χ1v) is 9.07. The first-order valence-electron chi connectivity index (χ1n) is 8.25. The van der Waals surface area contributed by atoms with E-state index in [1.165, 1.54) is 10.4 Å². The highest BCUT2D eigenvalue weighted by Gasteiger charge is 2.20. The molecular weight excluding hydrogens is 336 g/mol. The summed E-state index contributed by atoms with van der Waals surface area (Å²) in [7, 11) is 1.60. The number of amides is 1. The number of aryl methyl sites for hydroxylation is 2. The van der Waals surface area contributed by atoms with Crippen molar-refractivity contribution in [2.24, 2.45) is 0 Å². The highest BCUT2D eigenvalue weighted by Crippen LogP contribution is 2.34. The van der Waals surface area contributed by atoms with Gasteiger partial charge in [0.25, 0.3) is 11.5 Å². The number of thiophene rings is 1. The summed E-state index contributed by atoms with van der Waals surface area (Å²) >= 11 is 1.63. The van der Waals surface area contributed by atoms with Crippen LogP contribution in [0.1, 0.15) is 33.0 Å². The number of nitrogens with zero attached hydrogens (tertiary/aromatic N) is 1. The van der Waals surface area contributed by atoms with Gasteiger partial charge in [-0.2, -0.15) is 0 Å². The maximum Gasteiger partial charge on any atom is 0.259 e. The van der Waals surface area contributed by atoms with E-state index in [9.17, 15) is 9.59 Å². The maximum absolute atomic E-state index is 12.4. The number of benzene rings is 1. The molecule has 0 saturated carbocycles. The number of carbonyl (C=O) groups excluding carboxylic acids is 1. The van der Waals surface area contributed by atoms with Gasteiger partial charge in [-0.1, -0.05) is 6.07 Å². The first-order chi connectivity index (χ1) is 12.2. The van der Waals surface area contributed by atoms with E-state index >= 15 is 0 Å². The molecule has 0 spiro atoms. The molecule has 0 saturated heterocycles. The number of H-pyrrole nitrogens is 1. The third-order valence-corrected chi connectivity index (χ3v) is 5.62. The number of fused-ring (bicyclic) bond motifs is 3. The van der Waals surface area contributed by atoms with Crippen molar-refractivity contribution in [1.29, 1.82) is 0 Å². The van der Waals surface area contributed by atoms with Gasteiger partial charge in [-0.05, 0) is 43.0 Å². The standard InChI is InChI=1S/C18H18N4O2S/c1-19-16(23)10-4-2-5-11(8-10)20-9-14-21-17(24)15-12-6-3-7-13(12)25-18(15)22-14/h2,4-5,8,20H,3,6-7,9H2,1H3,(H,19,23)(H,21,22,24). The van der Waals surface area contributed by atoms with Gasteiger partial charge in [0.15, 0.2) is 0 Å². The average Bonchev–Trinajstić information content (AvgIpc) is 3.20. The fourth-order valence-electron chi connectivity index (χ4n) is 3.23. The molecule has 1 aliphatic rings. The molecule has 1 aromatic carbocycles. The molecule has 2 aromatic heterocycles. The summed E-state index contributed by atoms with van der Waals surface area (Å²) < 4.78 is 0. The van der Waals surface area contributed by atoms with Gasteiger partial charge in [0.1, 0.15) is 10.7 Å². The predicted octanol–water partition coefficient (Wildman–Crippen LogP) is 2.45. The Morgan fingerprint density at radius 1 is 1.36 bits per heavy atom. The van der Waals surface area contributed by atoms with Crippen molar-refractivity contribution in [2.45, 2.75) is 25.8 Å². The first kappa shape index (κ1) is 15.8. The lowest BCUT2D eigenvalue weighted by Crippen LogP contribution is -2.18. The highest BCUT2D eigenvalue weighted by molar-refractivity contribution is 7.18. The molecule has 3 aromatic rings. The van der Waals surface area contributed by atoms with Gasteiger partial charge in [0.2, 0.25) is 0 Å². The van der Waals surface area contributed by atoms with Gasteiger partial charge in [-0.25, -0.2) is 4.98 Å². The van der Waals surface area contributed by atoms with Gasteiger partial charge < -0.3 is 15.6 Å². The van der Waals surface area contributed by atoms with Gasteiger partial charge in [-0.15, -0.1) is 11.3 Å². The van der Waals surface area contributed by atoms with E-state index in [-0.39, 0.29) is 11.5 Å². The Hall–Kier alpha value is -2.67. The van der Waals surface area contributed by atoms with Gasteiger partial charge in [0.05, 0.1) is 11.9 Å². The van der Waals surface area contributed by atoms with Gasteiger partial charge >= 0.3 is 0 Å². The zero-order valence-corrected chi connectivity index (χ0v) is 14.6. The van der Waals surface area contributed by atoms with Crippen LogP contribution in [0.2, 0.25) is 0 Å². The third-order valence-electron chi connectivity index (χ3n) is 4.44. The largest absolute Gasteiger partial charge is 0.378 e. The maximum atomic E-state index is 12.4. The van der Waals surface area contributed by atoms with Crippen LogP contribution in [0.25, 0.3) is 10.2 Å². The fraction of sp³-hybridized carbons (Fsp3) is 0.278. The van der Waals surface area contributed by atoms with E-state index in [2.05, 4.69) is 20.6 Å². The van der Waals surface area contributed by atoms with E-state index in [4.69, 9.17) is 0 Å². The second-order valence-electron chi connectivity index (χ2n) is 6.06. The monoisotopic (exact) mass is 354 g/mol. The van der Waals surface area contributed by atoms with Crippen LogP contribution in [0.4, 0.5) is 5.69 Å². The van der Waals surface area contributed by atoms with E-state index in [1.807, 2.05) is 12.1 Å². The number of carbonyl (C=O) groups is 1. The van der Waals surface area contributed by atoms with Crippen molar-refractivity contribution >= 4 is 33.1 Å². The lowest BCUT2D eigenvalue weighted by Gasteiger charge is -2.08. The minimum Gasteiger partial charge on any atom is -0.378 e. The van der Waals surface area contributed by atoms with Crippen molar-refractivity contribution in [2.75, 3.05) is 12.4 Å². The lowest BCUT2D eigenvalue weighted by atomic mass is 10.2. The van der Waals surface area contributed by atoms with Crippen LogP contribution in [0, 0.1) is 0 Å². The van der Waals surface area contributed by atoms with Crippen LogP contribution in [0.5, 0.6) is 0 Å². The van der Waals surface area contributed by atoms with E-state index in [1.54, 1.807) is 30.5 Å². The van der Waals surface area contributed by atoms with Crippen molar-refractivity contribution in [3.05, 3.63) is 56.4 Å². The number of nitrogens with one attached hydrogen (secondary N) is 3. The SMILES string of the molecule is CNC(=O)c1cccc(NCc2nc3sc4c(c3c(=O)[nH]2)CCC4)c1. The van der Waals surface area contributed by atoms with Crippen molar-refractivity contribution in [1.82, 2.24) is 15.3 Å². The average molecular weight is 354 g/mol. The zero-order valence-electron chi connectivity index (χ0n) is 13.8. The van der Waals surface area contributed by atoms with Crippen LogP contribution in [-0.4, -0.2) is 22.9 Å². The summed E-state index contributed by atoms with van der Waals surface area (Å²) in [5.41, 5.74) is 2.52. The molecule has 0 aliphatic heterocycles. The Morgan fingerprint density at radius 3 is 3.08 bits per heavy atom. The minimum absolute atomic E-state index is 0.0553. The number of aromatic amines is 1. The van der Waals surface area contributed by atoms with Crippen LogP contribution in [-0.2, 0) is 19.4 Å². The number of hydrogen-bond acceptors (Lipinski definition) is 5. The summed E-state index contributed by atoms with van der Waals surface area (Å²) in [6.45, 7) is 0.394. The van der Waals surface area contributed by atoms with Gasteiger partial charge in [0, 0.05) is 23.2 Å². The Labute approximate surface area is 148 Å². The fourth-order valence-corrected chi connectivity index (χ4v) is 4.51.